The lowest BCUT2D eigenvalue weighted by Gasteiger charge is -2.19. The highest BCUT2D eigenvalue weighted by molar-refractivity contribution is 7.13. The van der Waals surface area contributed by atoms with Crippen molar-refractivity contribution < 1.29 is 14.0 Å². The number of ketones is 1. The molecule has 2 heterocycles. The van der Waals surface area contributed by atoms with E-state index < -0.39 is 0 Å². The Hall–Kier alpha value is -2.84. The molecule has 0 unspecified atom stereocenters. The van der Waals surface area contributed by atoms with Crippen LogP contribution < -0.4 is 5.32 Å². The molecule has 1 N–H and O–H groups in total. The Morgan fingerprint density at radius 3 is 2.79 bits per heavy atom. The monoisotopic (exact) mass is 398 g/mol. The van der Waals surface area contributed by atoms with Crippen LogP contribution in [0.15, 0.2) is 46.2 Å². The Labute approximate surface area is 167 Å². The van der Waals surface area contributed by atoms with Gasteiger partial charge >= 0.3 is 0 Å². The zero-order chi connectivity index (χ0) is 19.9. The molecule has 1 amide bonds. The van der Waals surface area contributed by atoms with Crippen LogP contribution in [0.1, 0.15) is 36.5 Å². The molecule has 0 fully saturated rings. The molecular weight excluding hydrogens is 376 g/mol. The third kappa shape index (κ3) is 5.34. The normalized spacial score (nSPS) is 11.0. The smallest absolute Gasteiger partial charge is 0.257 e. The van der Waals surface area contributed by atoms with E-state index in [9.17, 15) is 9.59 Å². The van der Waals surface area contributed by atoms with E-state index in [4.69, 9.17) is 4.42 Å². The number of carbonyl (C=O) groups is 2. The molecule has 0 bridgehead atoms. The molecule has 0 aliphatic carbocycles. The number of benzene rings is 1. The van der Waals surface area contributed by atoms with Crippen molar-refractivity contribution in [1.82, 2.24) is 15.1 Å². The maximum Gasteiger partial charge on any atom is 0.257 e. The number of Topliss-reactive ketones (excluding diaryl/α,β-unsaturated/α-hetero) is 1. The third-order valence-electron chi connectivity index (χ3n) is 4.02. The van der Waals surface area contributed by atoms with E-state index in [-0.39, 0.29) is 18.2 Å². The highest BCUT2D eigenvalue weighted by Gasteiger charge is 2.16. The fourth-order valence-corrected chi connectivity index (χ4v) is 3.40. The number of carbonyl (C=O) groups excluding carboxylic acids is 2. The van der Waals surface area contributed by atoms with Gasteiger partial charge in [0.05, 0.1) is 18.0 Å². The number of nitrogens with zero attached hydrogens (tertiary/aromatic N) is 3. The molecule has 3 aromatic rings. The number of nitrogens with one attached hydrogen (secondary N) is 1. The zero-order valence-electron chi connectivity index (χ0n) is 15.8. The predicted octanol–water partition coefficient (Wildman–Crippen LogP) is 3.85. The molecule has 146 valence electrons. The minimum atomic E-state index is -0.160. The number of hydrogen-bond donors (Lipinski definition) is 1. The van der Waals surface area contributed by atoms with E-state index in [1.54, 1.807) is 24.3 Å². The van der Waals surface area contributed by atoms with Crippen molar-refractivity contribution in [3.05, 3.63) is 53.2 Å². The lowest BCUT2D eigenvalue weighted by atomic mass is 10.1. The molecule has 0 aliphatic rings. The third-order valence-corrected chi connectivity index (χ3v) is 4.88. The maximum absolute atomic E-state index is 12.5. The van der Waals surface area contributed by atoms with Gasteiger partial charge in [-0.2, -0.15) is 0 Å². The standard InChI is InChI=1S/C20H22N4O3S/c1-3-9-24(13-19-22-23-20(27-19)17-8-5-10-28-17)12-18(26)21-16-7-4-6-15(11-16)14(2)25/h4-8,10-11H,3,9,12-13H2,1-2H3,(H,21,26). The number of thiophene rings is 1. The van der Waals surface area contributed by atoms with Gasteiger partial charge in [0, 0.05) is 11.3 Å². The van der Waals surface area contributed by atoms with E-state index >= 15 is 0 Å². The molecule has 0 saturated carbocycles. The number of amides is 1. The van der Waals surface area contributed by atoms with Crippen molar-refractivity contribution >= 4 is 28.7 Å². The second kappa shape index (κ2) is 9.38. The first-order chi connectivity index (χ1) is 13.5. The molecule has 0 spiro atoms. The minimum Gasteiger partial charge on any atom is -0.419 e. The van der Waals surface area contributed by atoms with Gasteiger partial charge in [-0.15, -0.1) is 21.5 Å². The van der Waals surface area contributed by atoms with Crippen molar-refractivity contribution in [3.8, 4) is 10.8 Å². The summed E-state index contributed by atoms with van der Waals surface area (Å²) in [5, 5.41) is 13.0. The van der Waals surface area contributed by atoms with Crippen LogP contribution in [-0.4, -0.2) is 39.9 Å². The first kappa shape index (κ1) is 19.9. The van der Waals surface area contributed by atoms with Crippen LogP contribution in [0.4, 0.5) is 5.69 Å². The highest BCUT2D eigenvalue weighted by Crippen LogP contribution is 2.23. The van der Waals surface area contributed by atoms with Gasteiger partial charge in [-0.25, -0.2) is 0 Å². The first-order valence-electron chi connectivity index (χ1n) is 9.04. The molecule has 0 saturated heterocycles. The molecular formula is C20H22N4O3S. The highest BCUT2D eigenvalue weighted by atomic mass is 32.1. The molecule has 7 nitrogen and oxygen atoms in total. The number of anilines is 1. The molecule has 28 heavy (non-hydrogen) atoms. The molecule has 8 heteroatoms. The van der Waals surface area contributed by atoms with Crippen LogP contribution in [0.2, 0.25) is 0 Å². The summed E-state index contributed by atoms with van der Waals surface area (Å²) in [6, 6.07) is 10.8. The SMILES string of the molecule is CCCN(CC(=O)Nc1cccc(C(C)=O)c1)Cc1nnc(-c2cccs2)o1. The van der Waals surface area contributed by atoms with Crippen LogP contribution in [0, 0.1) is 0 Å². The van der Waals surface area contributed by atoms with Gasteiger partial charge in [0.25, 0.3) is 5.89 Å². The fourth-order valence-electron chi connectivity index (χ4n) is 2.76. The van der Waals surface area contributed by atoms with Gasteiger partial charge < -0.3 is 9.73 Å². The van der Waals surface area contributed by atoms with Crippen LogP contribution in [0.25, 0.3) is 10.8 Å². The molecule has 0 radical (unpaired) electrons. The Bertz CT molecular complexity index is 937. The fraction of sp³-hybridized carbons (Fsp3) is 0.300. The lowest BCUT2D eigenvalue weighted by molar-refractivity contribution is -0.117. The molecule has 0 aliphatic heterocycles. The van der Waals surface area contributed by atoms with Crippen LogP contribution in [-0.2, 0) is 11.3 Å². The maximum atomic E-state index is 12.5. The van der Waals surface area contributed by atoms with Gasteiger partial charge in [0.1, 0.15) is 0 Å². The number of hydrogen-bond acceptors (Lipinski definition) is 7. The Morgan fingerprint density at radius 1 is 1.21 bits per heavy atom. The number of rotatable bonds is 9. The van der Waals surface area contributed by atoms with E-state index in [1.807, 2.05) is 29.3 Å². The van der Waals surface area contributed by atoms with Gasteiger partial charge in [-0.1, -0.05) is 25.1 Å². The van der Waals surface area contributed by atoms with Crippen LogP contribution in [0.5, 0.6) is 0 Å². The summed E-state index contributed by atoms with van der Waals surface area (Å²) < 4.78 is 5.72. The lowest BCUT2D eigenvalue weighted by Crippen LogP contribution is -2.33. The summed E-state index contributed by atoms with van der Waals surface area (Å²) in [6.07, 6.45) is 0.888. The summed E-state index contributed by atoms with van der Waals surface area (Å²) in [4.78, 5) is 26.8. The summed E-state index contributed by atoms with van der Waals surface area (Å²) in [7, 11) is 0. The largest absolute Gasteiger partial charge is 0.419 e. The molecule has 0 atom stereocenters. The van der Waals surface area contributed by atoms with Crippen molar-refractivity contribution in [1.29, 1.82) is 0 Å². The second-order valence-corrected chi connectivity index (χ2v) is 7.32. The minimum absolute atomic E-state index is 0.0401. The van der Waals surface area contributed by atoms with Gasteiger partial charge in [0.15, 0.2) is 5.78 Å². The Balaban J connectivity index is 1.62. The van der Waals surface area contributed by atoms with E-state index in [0.29, 0.717) is 29.6 Å². The Kier molecular flexibility index (Phi) is 6.67. The van der Waals surface area contributed by atoms with Crippen molar-refractivity contribution in [3.63, 3.8) is 0 Å². The van der Waals surface area contributed by atoms with Crippen molar-refractivity contribution in [2.24, 2.45) is 0 Å². The topological polar surface area (TPSA) is 88.3 Å². The molecule has 2 aromatic heterocycles. The summed E-state index contributed by atoms with van der Waals surface area (Å²) in [6.45, 7) is 4.85. The average Bonchev–Trinajstić information content (AvgIpc) is 3.33. The second-order valence-electron chi connectivity index (χ2n) is 6.37. The first-order valence-corrected chi connectivity index (χ1v) is 9.92. The van der Waals surface area contributed by atoms with E-state index in [2.05, 4.69) is 15.5 Å². The van der Waals surface area contributed by atoms with Gasteiger partial charge in [-0.3, -0.25) is 14.5 Å². The van der Waals surface area contributed by atoms with Crippen LogP contribution in [0.3, 0.4) is 0 Å². The van der Waals surface area contributed by atoms with Crippen molar-refractivity contribution in [2.45, 2.75) is 26.8 Å². The zero-order valence-corrected chi connectivity index (χ0v) is 16.7. The van der Waals surface area contributed by atoms with Crippen molar-refractivity contribution in [2.75, 3.05) is 18.4 Å². The molecule has 3 rings (SSSR count). The summed E-state index contributed by atoms with van der Waals surface area (Å²) in [5.41, 5.74) is 1.17. The van der Waals surface area contributed by atoms with E-state index in [1.165, 1.54) is 18.3 Å². The quantitative estimate of drug-likeness (QED) is 0.551. The predicted molar refractivity (Wildman–Crippen MR) is 108 cm³/mol. The van der Waals surface area contributed by atoms with Crippen LogP contribution >= 0.6 is 11.3 Å². The summed E-state index contributed by atoms with van der Waals surface area (Å²) >= 11 is 1.54. The van der Waals surface area contributed by atoms with Gasteiger partial charge in [-0.05, 0) is 43.5 Å². The van der Waals surface area contributed by atoms with E-state index in [0.717, 1.165) is 17.8 Å². The Morgan fingerprint density at radius 2 is 2.07 bits per heavy atom. The number of aromatic nitrogens is 2. The average molecular weight is 398 g/mol. The van der Waals surface area contributed by atoms with Gasteiger partial charge in [0.2, 0.25) is 11.8 Å². The summed E-state index contributed by atoms with van der Waals surface area (Å²) in [5.74, 6) is 0.768. The molecule has 1 aromatic carbocycles.